The molecule has 7 heavy (non-hydrogen) atoms. The van der Waals surface area contributed by atoms with Crippen molar-refractivity contribution in [3.63, 3.8) is 0 Å². The van der Waals surface area contributed by atoms with Crippen molar-refractivity contribution in [1.29, 1.82) is 0 Å². The van der Waals surface area contributed by atoms with Crippen molar-refractivity contribution in [3.05, 3.63) is 0 Å². The van der Waals surface area contributed by atoms with E-state index in [1.54, 1.807) is 0 Å². The van der Waals surface area contributed by atoms with Gasteiger partial charge in [0.15, 0.2) is 0 Å². The molecule has 0 aliphatic carbocycles. The van der Waals surface area contributed by atoms with Crippen molar-refractivity contribution < 1.29 is 78.1 Å². The summed E-state index contributed by atoms with van der Waals surface area (Å²) in [4.78, 5) is 29.3. The molecule has 4 nitrogen and oxygen atoms in total. The third kappa shape index (κ3) is 70.3. The van der Waals surface area contributed by atoms with Crippen LogP contribution in [-0.4, -0.2) is 28.2 Å². The van der Waals surface area contributed by atoms with E-state index in [0.717, 1.165) is 0 Å². The molecule has 1 radical (unpaired) electrons. The monoisotopic (exact) mass is 275 g/mol. The first-order valence-electron chi connectivity index (χ1n) is 0.894. The van der Waals surface area contributed by atoms with Gasteiger partial charge in [0, 0.05) is 58.9 Å². The number of hydrogen-bond donors (Lipinski definition) is 4. The Balaban J connectivity index is -0.0000000800. The Bertz CT molecular complexity index is 27.2. The fourth-order valence-electron chi connectivity index (χ4n) is 0. The Morgan fingerprint density at radius 1 is 0.857 bits per heavy atom. The molecule has 0 heterocycles. The third-order valence-electron chi connectivity index (χ3n) is 0. The maximum absolute atomic E-state index is 7.33. The Labute approximate surface area is 86.1 Å². The molecule has 39 valence electrons. The zero-order valence-corrected chi connectivity index (χ0v) is 9.66. The molecule has 0 atom stereocenters. The van der Waals surface area contributed by atoms with Gasteiger partial charge in [0.05, 0.1) is 0 Å². The molecule has 0 bridgehead atoms. The average molecular weight is 276 g/mol. The predicted octanol–water partition coefficient (Wildman–Crippen LogP) is -2.61. The number of rotatable bonds is 0. The molecule has 0 unspecified atom stereocenters. The van der Waals surface area contributed by atoms with Gasteiger partial charge >= 0.3 is 9.05 Å². The van der Waals surface area contributed by atoms with Crippen LogP contribution >= 0.6 is 0 Å². The van der Waals surface area contributed by atoms with Gasteiger partial charge in [-0.2, -0.15) is 0 Å². The van der Waals surface area contributed by atoms with E-state index in [2.05, 4.69) is 0 Å². The first kappa shape index (κ1) is 16.0. The molecule has 4 N–H and O–H groups in total. The zero-order valence-electron chi connectivity index (χ0n) is 3.37. The van der Waals surface area contributed by atoms with Crippen molar-refractivity contribution >= 4 is 9.05 Å². The summed E-state index contributed by atoms with van der Waals surface area (Å²) >= 11 is 0. The third-order valence-corrected chi connectivity index (χ3v) is 0. The van der Waals surface area contributed by atoms with Crippen LogP contribution in [0, 0.1) is 0 Å². The van der Waals surface area contributed by atoms with E-state index in [-0.39, 0.29) is 58.9 Å². The standard InChI is InChI=1S/H4O4Si.Y.Zr/c1-5(2,3)4;;/h1-4H;;. The van der Waals surface area contributed by atoms with Crippen molar-refractivity contribution in [1.82, 2.24) is 0 Å². The smallest absolute Gasteiger partial charge is 0.368 e. The molecule has 0 saturated carbocycles. The van der Waals surface area contributed by atoms with Gasteiger partial charge in [-0.25, -0.2) is 0 Å². The van der Waals surface area contributed by atoms with Crippen LogP contribution in [0.15, 0.2) is 0 Å². The van der Waals surface area contributed by atoms with Crippen LogP contribution in [0.4, 0.5) is 0 Å². The van der Waals surface area contributed by atoms with Gasteiger partial charge in [-0.05, 0) is 0 Å². The molecule has 0 aliphatic heterocycles. The number of hydrogen-bond acceptors (Lipinski definition) is 4. The topological polar surface area (TPSA) is 80.9 Å². The van der Waals surface area contributed by atoms with E-state index in [9.17, 15) is 0 Å². The first-order valence-corrected chi connectivity index (χ1v) is 2.68. The second-order valence-corrected chi connectivity index (χ2v) is 1.80. The van der Waals surface area contributed by atoms with Crippen LogP contribution in [-0.2, 0) is 58.9 Å². The largest absolute Gasteiger partial charge is 0.668 e. The van der Waals surface area contributed by atoms with E-state index < -0.39 is 9.05 Å². The van der Waals surface area contributed by atoms with E-state index in [4.69, 9.17) is 19.2 Å². The van der Waals surface area contributed by atoms with Crippen LogP contribution in [0.25, 0.3) is 0 Å². The fourth-order valence-corrected chi connectivity index (χ4v) is 0. The average Bonchev–Trinajstić information content (AvgIpc) is 0.722. The minimum atomic E-state index is -4.61. The summed E-state index contributed by atoms with van der Waals surface area (Å²) in [6, 6.07) is 0. The van der Waals surface area contributed by atoms with Crippen LogP contribution in [0.3, 0.4) is 0 Å². The van der Waals surface area contributed by atoms with Gasteiger partial charge in [-0.1, -0.05) is 0 Å². The molecule has 0 rings (SSSR count). The van der Waals surface area contributed by atoms with Crippen molar-refractivity contribution in [2.24, 2.45) is 0 Å². The van der Waals surface area contributed by atoms with Crippen LogP contribution in [0.1, 0.15) is 0 Å². The molecule has 0 amide bonds. The summed E-state index contributed by atoms with van der Waals surface area (Å²) in [6.45, 7) is 0. The summed E-state index contributed by atoms with van der Waals surface area (Å²) in [5, 5.41) is 0. The van der Waals surface area contributed by atoms with Gasteiger partial charge in [0.25, 0.3) is 0 Å². The Morgan fingerprint density at radius 3 is 0.857 bits per heavy atom. The summed E-state index contributed by atoms with van der Waals surface area (Å²) in [5.41, 5.74) is 0. The SMILES string of the molecule is O[Si](O)(O)O.[Y].[Zr]. The van der Waals surface area contributed by atoms with E-state index in [1.807, 2.05) is 0 Å². The van der Waals surface area contributed by atoms with Gasteiger partial charge in [-0.15, -0.1) is 0 Å². The predicted molar refractivity (Wildman–Crippen MR) is 14.6 cm³/mol. The van der Waals surface area contributed by atoms with Crippen LogP contribution in [0.2, 0.25) is 0 Å². The van der Waals surface area contributed by atoms with Crippen LogP contribution in [0.5, 0.6) is 0 Å². The quantitative estimate of drug-likeness (QED) is 0.365. The fraction of sp³-hybridized carbons (Fsp3) is 0. The molecule has 0 aromatic heterocycles. The molecule has 0 aliphatic rings. The molecular formula is H4O4SiYZr. The van der Waals surface area contributed by atoms with Gasteiger partial charge in [-0.3, -0.25) is 0 Å². The molecule has 7 heteroatoms. The van der Waals surface area contributed by atoms with Gasteiger partial charge in [0.2, 0.25) is 0 Å². The maximum atomic E-state index is 7.33. The van der Waals surface area contributed by atoms with Gasteiger partial charge in [0.1, 0.15) is 0 Å². The normalized spacial score (nSPS) is 8.57. The van der Waals surface area contributed by atoms with E-state index >= 15 is 0 Å². The van der Waals surface area contributed by atoms with E-state index in [0.29, 0.717) is 0 Å². The summed E-state index contributed by atoms with van der Waals surface area (Å²) in [7, 11) is -4.61. The summed E-state index contributed by atoms with van der Waals surface area (Å²) < 4.78 is 0. The zero-order chi connectivity index (χ0) is 4.50. The molecular weight excluding hydrogens is 272 g/mol. The minimum Gasteiger partial charge on any atom is -0.368 e. The van der Waals surface area contributed by atoms with Gasteiger partial charge < -0.3 is 19.2 Å². The van der Waals surface area contributed by atoms with E-state index in [1.165, 1.54) is 0 Å². The first-order chi connectivity index (χ1) is 2.00. The Kier molecular flexibility index (Phi) is 14.1. The molecule has 0 aromatic carbocycles. The molecule has 0 saturated heterocycles. The van der Waals surface area contributed by atoms with Crippen molar-refractivity contribution in [3.8, 4) is 0 Å². The second kappa shape index (κ2) is 6.17. The minimum absolute atomic E-state index is 0. The van der Waals surface area contributed by atoms with Crippen molar-refractivity contribution in [2.45, 2.75) is 0 Å². The Morgan fingerprint density at radius 2 is 0.857 bits per heavy atom. The molecule has 0 aromatic rings. The maximum Gasteiger partial charge on any atom is 0.668 e. The van der Waals surface area contributed by atoms with Crippen LogP contribution < -0.4 is 0 Å². The summed E-state index contributed by atoms with van der Waals surface area (Å²) in [6.07, 6.45) is 0. The Hall–Kier alpha value is 2.04. The summed E-state index contributed by atoms with van der Waals surface area (Å²) in [5.74, 6) is 0. The van der Waals surface area contributed by atoms with Crippen molar-refractivity contribution in [2.75, 3.05) is 0 Å². The molecule has 0 spiro atoms. The molecule has 0 fully saturated rings. The second-order valence-electron chi connectivity index (χ2n) is 0.600.